The number of carbonyl (C=O) groups is 2. The predicted octanol–water partition coefficient (Wildman–Crippen LogP) is 5.98. The lowest BCUT2D eigenvalue weighted by Gasteiger charge is -2.19. The lowest BCUT2D eigenvalue weighted by molar-refractivity contribution is 0.0899. The van der Waals surface area contributed by atoms with Gasteiger partial charge in [0.1, 0.15) is 5.69 Å². The first kappa shape index (κ1) is 21.3. The van der Waals surface area contributed by atoms with Crippen molar-refractivity contribution < 1.29 is 14.3 Å². The highest BCUT2D eigenvalue weighted by molar-refractivity contribution is 6.25. The zero-order valence-electron chi connectivity index (χ0n) is 17.1. The highest BCUT2D eigenvalue weighted by Gasteiger charge is 2.33. The molecule has 27 heavy (non-hydrogen) atoms. The Morgan fingerprint density at radius 1 is 0.852 bits per heavy atom. The number of ketones is 2. The van der Waals surface area contributed by atoms with Crippen LogP contribution in [0.2, 0.25) is 0 Å². The van der Waals surface area contributed by atoms with Gasteiger partial charge in [0.25, 0.3) is 0 Å². The van der Waals surface area contributed by atoms with Crippen LogP contribution in [0.5, 0.6) is 0 Å². The molecule has 0 spiro atoms. The van der Waals surface area contributed by atoms with E-state index in [1.807, 2.05) is 6.92 Å². The molecular weight excluding hydrogens is 338 g/mol. The van der Waals surface area contributed by atoms with Gasteiger partial charge >= 0.3 is 0 Å². The number of nitrogens with zero attached hydrogens (tertiary/aromatic N) is 1. The van der Waals surface area contributed by atoms with Crippen LogP contribution in [0.1, 0.15) is 104 Å². The van der Waals surface area contributed by atoms with E-state index in [-0.39, 0.29) is 23.0 Å². The van der Waals surface area contributed by atoms with Gasteiger partial charge in [-0.2, -0.15) is 0 Å². The Hall–Kier alpha value is -1.97. The van der Waals surface area contributed by atoms with Gasteiger partial charge < -0.3 is 4.74 Å². The molecule has 4 nitrogen and oxygen atoms in total. The standard InChI is InChI=1S/C23H33NO3/c1-4-5-6-7-8-9-10-11-12-13-14-19-21(25)20-18(16-15-17(2)24-20)22(26)23(19)27-3/h15-16H,4-14H2,1-3H3. The molecule has 0 aromatic carbocycles. The number of aromatic nitrogens is 1. The molecule has 1 aromatic rings. The van der Waals surface area contributed by atoms with Crippen LogP contribution in [0, 0.1) is 6.92 Å². The van der Waals surface area contributed by atoms with Crippen molar-refractivity contribution in [3.8, 4) is 0 Å². The van der Waals surface area contributed by atoms with Crippen molar-refractivity contribution in [2.75, 3.05) is 7.11 Å². The summed E-state index contributed by atoms with van der Waals surface area (Å²) in [4.78, 5) is 29.7. The minimum atomic E-state index is -0.221. The minimum absolute atomic E-state index is 0.152. The maximum Gasteiger partial charge on any atom is 0.230 e. The van der Waals surface area contributed by atoms with Crippen molar-refractivity contribution in [3.05, 3.63) is 40.4 Å². The van der Waals surface area contributed by atoms with Crippen molar-refractivity contribution in [1.82, 2.24) is 4.98 Å². The Morgan fingerprint density at radius 2 is 1.44 bits per heavy atom. The first-order valence-electron chi connectivity index (χ1n) is 10.4. The summed E-state index contributed by atoms with van der Waals surface area (Å²) in [5.41, 5.74) is 1.87. The molecule has 0 bridgehead atoms. The van der Waals surface area contributed by atoms with Crippen molar-refractivity contribution in [3.63, 3.8) is 0 Å². The molecule has 1 heterocycles. The molecule has 0 atom stereocenters. The lowest BCUT2D eigenvalue weighted by Crippen LogP contribution is -2.24. The van der Waals surface area contributed by atoms with Crippen LogP contribution in [0.15, 0.2) is 23.5 Å². The summed E-state index contributed by atoms with van der Waals surface area (Å²) in [5.74, 6) is -0.170. The van der Waals surface area contributed by atoms with Crippen molar-refractivity contribution in [2.24, 2.45) is 0 Å². The second-order valence-corrected chi connectivity index (χ2v) is 7.45. The summed E-state index contributed by atoms with van der Waals surface area (Å²) in [7, 11) is 1.46. The Kier molecular flexibility index (Phi) is 8.70. The number of hydrogen-bond acceptors (Lipinski definition) is 4. The van der Waals surface area contributed by atoms with Crippen LogP contribution in [-0.2, 0) is 4.74 Å². The largest absolute Gasteiger partial charge is 0.492 e. The monoisotopic (exact) mass is 371 g/mol. The number of rotatable bonds is 12. The fraction of sp³-hybridized carbons (Fsp3) is 0.609. The van der Waals surface area contributed by atoms with Gasteiger partial charge in [-0.25, -0.2) is 4.98 Å². The highest BCUT2D eigenvalue weighted by atomic mass is 16.5. The molecule has 1 aliphatic carbocycles. The SMILES string of the molecule is CCCCCCCCCCCCC1=C(OC)C(=O)c2ccc(C)nc2C1=O. The number of unbranched alkanes of at least 4 members (excludes halogenated alkanes) is 9. The number of Topliss-reactive ketones (excluding diaryl/α,β-unsaturated/α-hetero) is 2. The van der Waals surface area contributed by atoms with E-state index in [4.69, 9.17) is 4.74 Å². The Morgan fingerprint density at radius 3 is 2.04 bits per heavy atom. The molecular formula is C23H33NO3. The second-order valence-electron chi connectivity index (χ2n) is 7.45. The third kappa shape index (κ3) is 5.75. The molecule has 0 aliphatic heterocycles. The van der Waals surface area contributed by atoms with Crippen LogP contribution in [0.3, 0.4) is 0 Å². The summed E-state index contributed by atoms with van der Waals surface area (Å²) >= 11 is 0. The highest BCUT2D eigenvalue weighted by Crippen LogP contribution is 2.29. The maximum absolute atomic E-state index is 12.8. The summed E-state index contributed by atoms with van der Waals surface area (Å²) in [5, 5.41) is 0. The van der Waals surface area contributed by atoms with Gasteiger partial charge in [-0.3, -0.25) is 9.59 Å². The van der Waals surface area contributed by atoms with Crippen LogP contribution >= 0.6 is 0 Å². The van der Waals surface area contributed by atoms with Crippen molar-refractivity contribution in [1.29, 1.82) is 0 Å². The summed E-state index contributed by atoms with van der Waals surface area (Å²) < 4.78 is 5.30. The topological polar surface area (TPSA) is 56.3 Å². The quantitative estimate of drug-likeness (QED) is 0.424. The second kappa shape index (κ2) is 11.0. The molecule has 0 amide bonds. The molecule has 0 fully saturated rings. The van der Waals surface area contributed by atoms with E-state index in [9.17, 15) is 9.59 Å². The first-order valence-corrected chi connectivity index (χ1v) is 10.4. The zero-order chi connectivity index (χ0) is 19.6. The van der Waals surface area contributed by atoms with Gasteiger partial charge in [0.2, 0.25) is 11.6 Å². The molecule has 0 saturated carbocycles. The zero-order valence-corrected chi connectivity index (χ0v) is 17.1. The van der Waals surface area contributed by atoms with Gasteiger partial charge in [0.05, 0.1) is 12.7 Å². The molecule has 0 N–H and O–H groups in total. The van der Waals surface area contributed by atoms with Gasteiger partial charge in [0.15, 0.2) is 5.76 Å². The average Bonchev–Trinajstić information content (AvgIpc) is 2.67. The molecule has 0 unspecified atom stereocenters. The molecule has 148 valence electrons. The van der Waals surface area contributed by atoms with Gasteiger partial charge in [-0.1, -0.05) is 64.7 Å². The summed E-state index contributed by atoms with van der Waals surface area (Å²) in [6.07, 6.45) is 13.0. The number of hydrogen-bond donors (Lipinski definition) is 0. The Bertz CT molecular complexity index is 691. The average molecular weight is 372 g/mol. The van der Waals surface area contributed by atoms with E-state index in [0.717, 1.165) is 18.5 Å². The van der Waals surface area contributed by atoms with E-state index < -0.39 is 0 Å². The first-order chi connectivity index (χ1) is 13.1. The number of pyridine rings is 1. The number of ether oxygens (including phenoxy) is 1. The Labute approximate surface area is 163 Å². The van der Waals surface area contributed by atoms with E-state index in [1.165, 1.54) is 58.5 Å². The maximum atomic E-state index is 12.8. The van der Waals surface area contributed by atoms with Crippen molar-refractivity contribution in [2.45, 2.75) is 84.5 Å². The molecule has 4 heteroatoms. The van der Waals surface area contributed by atoms with Crippen LogP contribution in [-0.4, -0.2) is 23.7 Å². The Balaban J connectivity index is 1.83. The number of aryl methyl sites for hydroxylation is 1. The predicted molar refractivity (Wildman–Crippen MR) is 108 cm³/mol. The van der Waals surface area contributed by atoms with Crippen LogP contribution in [0.4, 0.5) is 0 Å². The third-order valence-corrected chi connectivity index (χ3v) is 5.23. The van der Waals surface area contributed by atoms with Crippen molar-refractivity contribution >= 4 is 11.6 Å². The molecule has 1 aliphatic rings. The van der Waals surface area contributed by atoms with E-state index in [1.54, 1.807) is 12.1 Å². The van der Waals surface area contributed by atoms with Gasteiger partial charge in [0, 0.05) is 11.3 Å². The number of methoxy groups -OCH3 is 1. The van der Waals surface area contributed by atoms with Crippen LogP contribution in [0.25, 0.3) is 0 Å². The number of carbonyl (C=O) groups excluding carboxylic acids is 2. The third-order valence-electron chi connectivity index (χ3n) is 5.23. The van der Waals surface area contributed by atoms with E-state index in [0.29, 0.717) is 17.6 Å². The van der Waals surface area contributed by atoms with E-state index in [2.05, 4.69) is 11.9 Å². The van der Waals surface area contributed by atoms with E-state index >= 15 is 0 Å². The van der Waals surface area contributed by atoms with Gasteiger partial charge in [-0.15, -0.1) is 0 Å². The smallest absolute Gasteiger partial charge is 0.230 e. The number of fused-ring (bicyclic) bond motifs is 1. The molecule has 0 radical (unpaired) electrons. The fourth-order valence-corrected chi connectivity index (χ4v) is 3.65. The summed E-state index contributed by atoms with van der Waals surface area (Å²) in [6.45, 7) is 4.07. The number of allylic oxidation sites excluding steroid dienone is 2. The normalized spacial score (nSPS) is 13.9. The van der Waals surface area contributed by atoms with Crippen LogP contribution < -0.4 is 0 Å². The van der Waals surface area contributed by atoms with Gasteiger partial charge in [-0.05, 0) is 31.9 Å². The molecule has 1 aromatic heterocycles. The fourth-order valence-electron chi connectivity index (χ4n) is 3.65. The summed E-state index contributed by atoms with van der Waals surface area (Å²) in [6, 6.07) is 3.43. The molecule has 2 rings (SSSR count). The minimum Gasteiger partial charge on any atom is -0.492 e. The lowest BCUT2D eigenvalue weighted by atomic mass is 9.88. The molecule has 0 saturated heterocycles.